The average molecular weight is 254 g/mol. The van der Waals surface area contributed by atoms with Crippen molar-refractivity contribution in [2.75, 3.05) is 0 Å². The summed E-state index contributed by atoms with van der Waals surface area (Å²) in [5.41, 5.74) is 9.51. The molecule has 3 heteroatoms. The summed E-state index contributed by atoms with van der Waals surface area (Å²) in [5.74, 6) is 0.691. The molecule has 0 fully saturated rings. The number of benzene rings is 1. The maximum Gasteiger partial charge on any atom is 0.213 e. The fourth-order valence-corrected chi connectivity index (χ4v) is 2.49. The van der Waals surface area contributed by atoms with E-state index >= 15 is 0 Å². The van der Waals surface area contributed by atoms with Gasteiger partial charge in [0.25, 0.3) is 0 Å². The molecule has 1 heterocycles. The number of aryl methyl sites for hydroxylation is 1. The Morgan fingerprint density at radius 3 is 2.84 bits per heavy atom. The molecule has 0 unspecified atom stereocenters. The zero-order valence-electron chi connectivity index (χ0n) is 10.9. The highest BCUT2D eigenvalue weighted by atomic mass is 16.5. The fourth-order valence-electron chi connectivity index (χ4n) is 2.49. The van der Waals surface area contributed by atoms with Gasteiger partial charge in [0.15, 0.2) is 0 Å². The highest BCUT2D eigenvalue weighted by Gasteiger charge is 2.18. The maximum atomic E-state index is 6.08. The summed E-state index contributed by atoms with van der Waals surface area (Å²) in [5, 5.41) is 0. The van der Waals surface area contributed by atoms with Crippen LogP contribution in [0.3, 0.4) is 0 Å². The Balaban J connectivity index is 1.72. The van der Waals surface area contributed by atoms with Gasteiger partial charge in [0.2, 0.25) is 5.88 Å². The van der Waals surface area contributed by atoms with Gasteiger partial charge < -0.3 is 10.5 Å². The lowest BCUT2D eigenvalue weighted by Gasteiger charge is -2.21. The minimum atomic E-state index is 0.138. The summed E-state index contributed by atoms with van der Waals surface area (Å²) in [6.45, 7) is 0.554. The summed E-state index contributed by atoms with van der Waals surface area (Å²) < 4.78 is 5.74. The van der Waals surface area contributed by atoms with E-state index in [1.807, 2.05) is 36.4 Å². The molecule has 3 rings (SSSR count). The first-order chi connectivity index (χ1) is 9.33. The minimum Gasteiger partial charge on any atom is -0.473 e. The van der Waals surface area contributed by atoms with Gasteiger partial charge in [-0.3, -0.25) is 0 Å². The van der Waals surface area contributed by atoms with Gasteiger partial charge in [-0.05, 0) is 30.4 Å². The molecule has 1 aliphatic rings. The van der Waals surface area contributed by atoms with Crippen LogP contribution in [0, 0.1) is 0 Å². The summed E-state index contributed by atoms with van der Waals surface area (Å²) in [6, 6.07) is 14.2. The third-order valence-corrected chi connectivity index (χ3v) is 3.54. The van der Waals surface area contributed by atoms with Gasteiger partial charge >= 0.3 is 0 Å². The van der Waals surface area contributed by atoms with Crippen LogP contribution in [-0.2, 0) is 13.0 Å². The van der Waals surface area contributed by atoms with E-state index in [0.29, 0.717) is 12.5 Å². The molecule has 0 saturated carbocycles. The molecule has 0 saturated heterocycles. The van der Waals surface area contributed by atoms with Crippen molar-refractivity contribution < 1.29 is 4.74 Å². The lowest BCUT2D eigenvalue weighted by atomic mass is 9.92. The van der Waals surface area contributed by atoms with Crippen LogP contribution < -0.4 is 10.5 Å². The molecular formula is C16H18N2O. The van der Waals surface area contributed by atoms with Crippen molar-refractivity contribution in [1.82, 2.24) is 4.98 Å². The van der Waals surface area contributed by atoms with Gasteiger partial charge in [0.1, 0.15) is 6.61 Å². The zero-order chi connectivity index (χ0) is 13.1. The Bertz CT molecular complexity index is 554. The number of ether oxygens (including phenoxy) is 1. The van der Waals surface area contributed by atoms with Crippen molar-refractivity contribution in [3.63, 3.8) is 0 Å². The van der Waals surface area contributed by atoms with Gasteiger partial charge in [0.05, 0.1) is 0 Å². The molecule has 0 bridgehead atoms. The van der Waals surface area contributed by atoms with Crippen molar-refractivity contribution in [2.24, 2.45) is 5.73 Å². The van der Waals surface area contributed by atoms with Crippen LogP contribution in [-0.4, -0.2) is 4.98 Å². The Hall–Kier alpha value is -1.87. The van der Waals surface area contributed by atoms with E-state index < -0.39 is 0 Å². The monoisotopic (exact) mass is 254 g/mol. The zero-order valence-corrected chi connectivity index (χ0v) is 10.9. The summed E-state index contributed by atoms with van der Waals surface area (Å²) >= 11 is 0. The topological polar surface area (TPSA) is 48.1 Å². The molecule has 2 N–H and O–H groups in total. The number of aromatic nitrogens is 1. The quantitative estimate of drug-likeness (QED) is 0.916. The van der Waals surface area contributed by atoms with Crippen LogP contribution in [0.4, 0.5) is 0 Å². The lowest BCUT2D eigenvalue weighted by molar-refractivity contribution is 0.292. The largest absolute Gasteiger partial charge is 0.473 e. The number of hydrogen-bond acceptors (Lipinski definition) is 3. The summed E-state index contributed by atoms with van der Waals surface area (Å²) in [7, 11) is 0. The Labute approximate surface area is 113 Å². The average Bonchev–Trinajstić information content (AvgIpc) is 2.46. The van der Waals surface area contributed by atoms with Gasteiger partial charge in [0, 0.05) is 17.8 Å². The van der Waals surface area contributed by atoms with Gasteiger partial charge in [-0.15, -0.1) is 0 Å². The van der Waals surface area contributed by atoms with E-state index in [2.05, 4.69) is 11.1 Å². The number of hydrogen-bond donors (Lipinski definition) is 1. The highest BCUT2D eigenvalue weighted by Crippen LogP contribution is 2.28. The summed E-state index contributed by atoms with van der Waals surface area (Å²) in [4.78, 5) is 4.58. The van der Waals surface area contributed by atoms with Crippen molar-refractivity contribution >= 4 is 0 Å². The van der Waals surface area contributed by atoms with Crippen LogP contribution in [0.2, 0.25) is 0 Å². The van der Waals surface area contributed by atoms with E-state index in [9.17, 15) is 0 Å². The molecule has 19 heavy (non-hydrogen) atoms. The third-order valence-electron chi connectivity index (χ3n) is 3.54. The molecule has 98 valence electrons. The highest BCUT2D eigenvalue weighted by molar-refractivity contribution is 5.30. The molecular weight excluding hydrogens is 236 g/mol. The van der Waals surface area contributed by atoms with E-state index in [4.69, 9.17) is 10.5 Å². The molecule has 2 aromatic rings. The van der Waals surface area contributed by atoms with Gasteiger partial charge in [-0.2, -0.15) is 0 Å². The van der Waals surface area contributed by atoms with E-state index in [0.717, 1.165) is 30.5 Å². The SMILES string of the molecule is N[C@@H]1CCCc2nc(OCc3ccccc3)ccc21. The Morgan fingerprint density at radius 1 is 1.16 bits per heavy atom. The van der Waals surface area contributed by atoms with E-state index in [1.54, 1.807) is 0 Å². The van der Waals surface area contributed by atoms with Crippen molar-refractivity contribution in [3.8, 4) is 5.88 Å². The fraction of sp³-hybridized carbons (Fsp3) is 0.312. The predicted octanol–water partition coefficient (Wildman–Crippen LogP) is 3.00. The number of nitrogens with zero attached hydrogens (tertiary/aromatic N) is 1. The number of rotatable bonds is 3. The molecule has 0 aliphatic heterocycles. The second kappa shape index (κ2) is 5.41. The first-order valence-corrected chi connectivity index (χ1v) is 6.75. The minimum absolute atomic E-state index is 0.138. The second-order valence-corrected chi connectivity index (χ2v) is 4.96. The van der Waals surface area contributed by atoms with Gasteiger partial charge in [-0.25, -0.2) is 4.98 Å². The molecule has 1 aliphatic carbocycles. The first-order valence-electron chi connectivity index (χ1n) is 6.75. The maximum absolute atomic E-state index is 6.08. The number of pyridine rings is 1. The molecule has 1 atom stereocenters. The smallest absolute Gasteiger partial charge is 0.213 e. The van der Waals surface area contributed by atoms with Crippen LogP contribution in [0.5, 0.6) is 5.88 Å². The van der Waals surface area contributed by atoms with Crippen molar-refractivity contribution in [2.45, 2.75) is 31.9 Å². The first kappa shape index (κ1) is 12.2. The predicted molar refractivity (Wildman–Crippen MR) is 74.9 cm³/mol. The Morgan fingerprint density at radius 2 is 2.00 bits per heavy atom. The van der Waals surface area contributed by atoms with Gasteiger partial charge in [-0.1, -0.05) is 36.4 Å². The van der Waals surface area contributed by atoms with Crippen LogP contribution in [0.25, 0.3) is 0 Å². The molecule has 0 radical (unpaired) electrons. The number of fused-ring (bicyclic) bond motifs is 1. The lowest BCUT2D eigenvalue weighted by Crippen LogP contribution is -2.18. The van der Waals surface area contributed by atoms with Crippen molar-refractivity contribution in [1.29, 1.82) is 0 Å². The van der Waals surface area contributed by atoms with Crippen LogP contribution in [0.15, 0.2) is 42.5 Å². The molecule has 1 aromatic heterocycles. The van der Waals surface area contributed by atoms with E-state index in [-0.39, 0.29) is 6.04 Å². The van der Waals surface area contributed by atoms with E-state index in [1.165, 1.54) is 5.56 Å². The summed E-state index contributed by atoms with van der Waals surface area (Å²) in [6.07, 6.45) is 3.17. The standard InChI is InChI=1S/C16H18N2O/c17-14-7-4-8-15-13(14)9-10-16(18-15)19-11-12-5-2-1-3-6-12/h1-3,5-6,9-10,14H,4,7-8,11,17H2/t14-/m1/s1. The molecule has 1 aromatic carbocycles. The molecule has 0 amide bonds. The Kier molecular flexibility index (Phi) is 3.47. The number of nitrogens with two attached hydrogens (primary N) is 1. The van der Waals surface area contributed by atoms with Crippen molar-refractivity contribution in [3.05, 3.63) is 59.3 Å². The second-order valence-electron chi connectivity index (χ2n) is 4.96. The molecule has 3 nitrogen and oxygen atoms in total. The molecule has 0 spiro atoms. The third kappa shape index (κ3) is 2.76. The van der Waals surface area contributed by atoms with Crippen LogP contribution in [0.1, 0.15) is 35.7 Å². The van der Waals surface area contributed by atoms with Crippen LogP contribution >= 0.6 is 0 Å². The normalized spacial score (nSPS) is 17.8.